The standard InChI is InChI=1S/C33H41FN4O5SSi/c1-33(2,3)45(4,5)42-15-14-36(13-12-22-17-38-29(40)11-7-21-6-9-25(34)30(22)31(21)38)18-24-19-37(32(41)43-24)23-8-10-27-26(16-23)35-28(39)20-44-27/h6-11,16,22,24H,12-15,17-20H2,1-5H3,(H,35,39). The lowest BCUT2D eigenvalue weighted by Gasteiger charge is -2.37. The van der Waals surface area contributed by atoms with Gasteiger partial charge in [0.05, 0.1) is 23.5 Å². The SMILES string of the molecule is CC(C)(C)[Si](C)(C)OCCN(CCC1Cn2c(=O)ccc3ccc(F)c1c32)CC1CN(c2ccc3c(c2)NC(=O)CS3)C(=O)O1. The zero-order valence-corrected chi connectivity index (χ0v) is 28.3. The molecule has 0 spiro atoms. The predicted octanol–water partition coefficient (Wildman–Crippen LogP) is 6.02. The van der Waals surface area contributed by atoms with E-state index in [9.17, 15) is 14.4 Å². The highest BCUT2D eigenvalue weighted by molar-refractivity contribution is 8.00. The number of nitrogens with zero attached hydrogens (tertiary/aromatic N) is 3. The number of nitrogens with one attached hydrogen (secondary N) is 1. The largest absolute Gasteiger partial charge is 0.443 e. The fraction of sp³-hybridized carbons (Fsp3) is 0.485. The molecule has 1 N–H and O–H groups in total. The first-order valence-electron chi connectivity index (χ1n) is 15.5. The van der Waals surface area contributed by atoms with Gasteiger partial charge in [-0.15, -0.1) is 11.8 Å². The smallest absolute Gasteiger partial charge is 0.414 e. The van der Waals surface area contributed by atoms with Crippen LogP contribution in [0.25, 0.3) is 10.9 Å². The molecule has 45 heavy (non-hydrogen) atoms. The first-order chi connectivity index (χ1) is 21.3. The Labute approximate surface area is 268 Å². The fourth-order valence-corrected chi connectivity index (χ4v) is 7.97. The topological polar surface area (TPSA) is 93.1 Å². The van der Waals surface area contributed by atoms with Crippen LogP contribution in [-0.4, -0.2) is 74.4 Å². The Morgan fingerprint density at radius 1 is 1.09 bits per heavy atom. The van der Waals surface area contributed by atoms with Crippen LogP contribution in [0.5, 0.6) is 0 Å². The first-order valence-corrected chi connectivity index (χ1v) is 19.4. The van der Waals surface area contributed by atoms with Gasteiger partial charge < -0.3 is 19.0 Å². The third-order valence-corrected chi connectivity index (χ3v) is 15.3. The quantitative estimate of drug-likeness (QED) is 0.268. The van der Waals surface area contributed by atoms with E-state index in [2.05, 4.69) is 44.1 Å². The Kier molecular flexibility index (Phi) is 8.61. The van der Waals surface area contributed by atoms with Gasteiger partial charge >= 0.3 is 6.09 Å². The zero-order valence-electron chi connectivity index (χ0n) is 26.5. The second-order valence-corrected chi connectivity index (χ2v) is 19.5. The molecule has 3 aromatic rings. The summed E-state index contributed by atoms with van der Waals surface area (Å²) in [5.74, 6) is -0.106. The van der Waals surface area contributed by atoms with E-state index in [0.29, 0.717) is 74.0 Å². The Hall–Kier alpha value is -3.19. The number of fused-ring (bicyclic) bond motifs is 1. The molecule has 2 atom stereocenters. The van der Waals surface area contributed by atoms with Crippen molar-refractivity contribution in [3.05, 3.63) is 64.2 Å². The van der Waals surface area contributed by atoms with Crippen LogP contribution in [0.15, 0.2) is 52.2 Å². The summed E-state index contributed by atoms with van der Waals surface area (Å²) >= 11 is 1.48. The molecule has 9 nitrogen and oxygen atoms in total. The Morgan fingerprint density at radius 3 is 2.64 bits per heavy atom. The second kappa shape index (κ2) is 12.2. The lowest BCUT2D eigenvalue weighted by atomic mass is 9.96. The van der Waals surface area contributed by atoms with Gasteiger partial charge in [-0.1, -0.05) is 20.8 Å². The number of pyridine rings is 1. The zero-order chi connectivity index (χ0) is 32.1. The summed E-state index contributed by atoms with van der Waals surface area (Å²) < 4.78 is 29.2. The van der Waals surface area contributed by atoms with Crippen molar-refractivity contribution in [3.8, 4) is 0 Å². The highest BCUT2D eigenvalue weighted by atomic mass is 32.2. The molecule has 1 fully saturated rings. The van der Waals surface area contributed by atoms with Crippen molar-refractivity contribution in [2.45, 2.75) is 68.8 Å². The van der Waals surface area contributed by atoms with E-state index < -0.39 is 14.4 Å². The Balaban J connectivity index is 1.17. The molecule has 0 aliphatic carbocycles. The molecule has 4 heterocycles. The summed E-state index contributed by atoms with van der Waals surface area (Å²) in [7, 11) is -1.98. The van der Waals surface area contributed by atoms with Gasteiger partial charge in [0.1, 0.15) is 11.9 Å². The molecule has 2 amide bonds. The van der Waals surface area contributed by atoms with Crippen molar-refractivity contribution in [1.29, 1.82) is 0 Å². The lowest BCUT2D eigenvalue weighted by Crippen LogP contribution is -2.44. The first kappa shape index (κ1) is 31.8. The molecule has 240 valence electrons. The number of carbonyl (C=O) groups is 2. The van der Waals surface area contributed by atoms with Crippen molar-refractivity contribution >= 4 is 54.4 Å². The van der Waals surface area contributed by atoms with Crippen LogP contribution >= 0.6 is 11.8 Å². The van der Waals surface area contributed by atoms with Crippen LogP contribution < -0.4 is 15.8 Å². The number of thioether (sulfide) groups is 1. The normalized spacial score (nSPS) is 19.8. The van der Waals surface area contributed by atoms with Crippen molar-refractivity contribution in [2.24, 2.45) is 0 Å². The number of hydrogen-bond donors (Lipinski definition) is 1. The molecule has 3 aliphatic rings. The van der Waals surface area contributed by atoms with Crippen LogP contribution in [0.4, 0.5) is 20.6 Å². The summed E-state index contributed by atoms with van der Waals surface area (Å²) in [5.41, 5.74) is 2.57. The van der Waals surface area contributed by atoms with Gasteiger partial charge in [-0.05, 0) is 72.9 Å². The molecule has 6 rings (SSSR count). The van der Waals surface area contributed by atoms with E-state index in [4.69, 9.17) is 9.16 Å². The summed E-state index contributed by atoms with van der Waals surface area (Å²) in [4.78, 5) is 42.4. The van der Waals surface area contributed by atoms with E-state index in [0.717, 1.165) is 10.3 Å². The number of anilines is 2. The molecule has 3 aliphatic heterocycles. The van der Waals surface area contributed by atoms with Crippen LogP contribution in [0.3, 0.4) is 0 Å². The molecule has 2 aromatic carbocycles. The fourth-order valence-electron chi connectivity index (χ4n) is 6.15. The number of amides is 2. The number of hydrogen-bond acceptors (Lipinski definition) is 7. The van der Waals surface area contributed by atoms with Gasteiger partial charge in [0.25, 0.3) is 5.56 Å². The molecule has 2 unspecified atom stereocenters. The minimum absolute atomic E-state index is 0.0616. The van der Waals surface area contributed by atoms with Crippen molar-refractivity contribution in [3.63, 3.8) is 0 Å². The van der Waals surface area contributed by atoms with Gasteiger partial charge in [-0.3, -0.25) is 19.4 Å². The molecular weight excluding hydrogens is 612 g/mol. The van der Waals surface area contributed by atoms with E-state index in [1.807, 2.05) is 18.2 Å². The monoisotopic (exact) mass is 652 g/mol. The van der Waals surface area contributed by atoms with Crippen molar-refractivity contribution in [1.82, 2.24) is 9.47 Å². The maximum absolute atomic E-state index is 15.2. The van der Waals surface area contributed by atoms with E-state index >= 15 is 4.39 Å². The van der Waals surface area contributed by atoms with Crippen LogP contribution in [-0.2, 0) is 20.5 Å². The van der Waals surface area contributed by atoms with Crippen LogP contribution in [0.1, 0.15) is 38.7 Å². The lowest BCUT2D eigenvalue weighted by molar-refractivity contribution is -0.113. The number of ether oxygens (including phenoxy) is 1. The Bertz CT molecular complexity index is 1710. The van der Waals surface area contributed by atoms with Crippen molar-refractivity contribution < 1.29 is 23.1 Å². The van der Waals surface area contributed by atoms with Gasteiger partial charge in [0.15, 0.2) is 8.32 Å². The maximum Gasteiger partial charge on any atom is 0.414 e. The van der Waals surface area contributed by atoms with E-state index in [-0.39, 0.29) is 34.3 Å². The third kappa shape index (κ3) is 6.42. The van der Waals surface area contributed by atoms with Gasteiger partial charge in [0, 0.05) is 54.4 Å². The average Bonchev–Trinajstić information content (AvgIpc) is 3.55. The van der Waals surface area contributed by atoms with Gasteiger partial charge in [-0.2, -0.15) is 0 Å². The highest BCUT2D eigenvalue weighted by Gasteiger charge is 2.38. The number of carbonyl (C=O) groups excluding carboxylic acids is 2. The minimum Gasteiger partial charge on any atom is -0.443 e. The highest BCUT2D eigenvalue weighted by Crippen LogP contribution is 2.39. The van der Waals surface area contributed by atoms with Gasteiger partial charge in [0.2, 0.25) is 5.91 Å². The number of rotatable bonds is 10. The van der Waals surface area contributed by atoms with E-state index in [1.54, 1.807) is 27.7 Å². The molecule has 0 saturated carbocycles. The average molecular weight is 653 g/mol. The summed E-state index contributed by atoms with van der Waals surface area (Å²) in [6, 6.07) is 12.2. The Morgan fingerprint density at radius 2 is 1.87 bits per heavy atom. The van der Waals surface area contributed by atoms with Crippen LogP contribution in [0, 0.1) is 5.82 Å². The number of benzene rings is 2. The van der Waals surface area contributed by atoms with Crippen molar-refractivity contribution in [2.75, 3.05) is 48.8 Å². The molecule has 12 heteroatoms. The molecule has 1 aromatic heterocycles. The summed E-state index contributed by atoms with van der Waals surface area (Å²) in [6.45, 7) is 14.2. The third-order valence-electron chi connectivity index (χ3n) is 9.66. The van der Waals surface area contributed by atoms with Crippen LogP contribution in [0.2, 0.25) is 18.1 Å². The molecule has 0 bridgehead atoms. The van der Waals surface area contributed by atoms with E-state index in [1.165, 1.54) is 17.8 Å². The molecular formula is C33H41FN4O5SSi. The van der Waals surface area contributed by atoms with Gasteiger partial charge in [-0.25, -0.2) is 9.18 Å². The number of halogens is 1. The summed E-state index contributed by atoms with van der Waals surface area (Å²) in [5, 5.41) is 3.83. The summed E-state index contributed by atoms with van der Waals surface area (Å²) in [6.07, 6.45) is -0.162. The molecule has 1 saturated heterocycles. The number of cyclic esters (lactones) is 1. The maximum atomic E-state index is 15.2. The molecule has 0 radical (unpaired) electrons. The second-order valence-electron chi connectivity index (χ2n) is 13.7. The minimum atomic E-state index is -1.98. The number of aromatic nitrogens is 1. The predicted molar refractivity (Wildman–Crippen MR) is 179 cm³/mol.